The van der Waals surface area contributed by atoms with E-state index < -0.39 is 0 Å². The summed E-state index contributed by atoms with van der Waals surface area (Å²) in [5.74, 6) is 1.98. The summed E-state index contributed by atoms with van der Waals surface area (Å²) >= 11 is 0. The zero-order valence-corrected chi connectivity index (χ0v) is 15.2. The first-order valence-corrected chi connectivity index (χ1v) is 8.21. The summed E-state index contributed by atoms with van der Waals surface area (Å²) < 4.78 is 16.1. The molecule has 0 aliphatic rings. The third kappa shape index (κ3) is 5.14. The van der Waals surface area contributed by atoms with Gasteiger partial charge in [-0.1, -0.05) is 18.2 Å². The maximum Gasteiger partial charge on any atom is 0.257 e. The summed E-state index contributed by atoms with van der Waals surface area (Å²) in [5.41, 5.74) is 3.26. The van der Waals surface area contributed by atoms with Crippen LogP contribution in [0.2, 0.25) is 0 Å². The molecule has 0 unspecified atom stereocenters. The van der Waals surface area contributed by atoms with Crippen molar-refractivity contribution in [2.75, 3.05) is 27.4 Å². The molecule has 0 fully saturated rings. The molecule has 5 nitrogen and oxygen atoms in total. The van der Waals surface area contributed by atoms with Gasteiger partial charge < -0.3 is 19.5 Å². The Bertz CT molecular complexity index is 728. The number of aryl methyl sites for hydroxylation is 1. The van der Waals surface area contributed by atoms with Crippen molar-refractivity contribution < 1.29 is 19.0 Å². The van der Waals surface area contributed by atoms with Crippen LogP contribution in [0.1, 0.15) is 16.7 Å². The van der Waals surface area contributed by atoms with Gasteiger partial charge >= 0.3 is 0 Å². The number of rotatable bonds is 8. The van der Waals surface area contributed by atoms with Gasteiger partial charge in [-0.15, -0.1) is 0 Å². The van der Waals surface area contributed by atoms with Crippen molar-refractivity contribution in [2.45, 2.75) is 20.3 Å². The second-order valence-electron chi connectivity index (χ2n) is 5.78. The lowest BCUT2D eigenvalue weighted by Gasteiger charge is -2.12. The number of nitrogens with one attached hydrogen (secondary N) is 1. The Morgan fingerprint density at radius 3 is 2.48 bits per heavy atom. The average Bonchev–Trinajstić information content (AvgIpc) is 2.62. The second-order valence-corrected chi connectivity index (χ2v) is 5.78. The van der Waals surface area contributed by atoms with Crippen LogP contribution >= 0.6 is 0 Å². The highest BCUT2D eigenvalue weighted by Gasteiger charge is 2.07. The average molecular weight is 343 g/mol. The number of hydrogen-bond donors (Lipinski definition) is 1. The number of carbonyl (C=O) groups is 1. The summed E-state index contributed by atoms with van der Waals surface area (Å²) in [5, 5.41) is 2.87. The summed E-state index contributed by atoms with van der Waals surface area (Å²) in [6.07, 6.45) is 0.704. The van der Waals surface area contributed by atoms with Crippen molar-refractivity contribution in [1.29, 1.82) is 0 Å². The van der Waals surface area contributed by atoms with Crippen LogP contribution in [0.5, 0.6) is 17.2 Å². The monoisotopic (exact) mass is 343 g/mol. The van der Waals surface area contributed by atoms with Gasteiger partial charge in [-0.25, -0.2) is 0 Å². The van der Waals surface area contributed by atoms with Gasteiger partial charge in [0.1, 0.15) is 5.75 Å². The standard InChI is InChI=1S/C20H25NO4/c1-14-6-5-7-17(15(14)2)25-13-20(22)21-11-10-16-8-9-18(23-3)19(12-16)24-4/h5-9,12H,10-11,13H2,1-4H3,(H,21,22). The van der Waals surface area contributed by atoms with Crippen molar-refractivity contribution >= 4 is 5.91 Å². The van der Waals surface area contributed by atoms with Gasteiger partial charge in [-0.3, -0.25) is 4.79 Å². The van der Waals surface area contributed by atoms with Crippen LogP contribution in [0.3, 0.4) is 0 Å². The summed E-state index contributed by atoms with van der Waals surface area (Å²) in [6, 6.07) is 11.6. The first kappa shape index (κ1) is 18.6. The highest BCUT2D eigenvalue weighted by atomic mass is 16.5. The highest BCUT2D eigenvalue weighted by Crippen LogP contribution is 2.27. The summed E-state index contributed by atoms with van der Waals surface area (Å²) in [7, 11) is 3.21. The van der Waals surface area contributed by atoms with Crippen molar-refractivity contribution in [3.8, 4) is 17.2 Å². The van der Waals surface area contributed by atoms with Gasteiger partial charge in [0.25, 0.3) is 5.91 Å². The molecule has 2 aromatic rings. The Hall–Kier alpha value is -2.69. The fourth-order valence-corrected chi connectivity index (χ4v) is 2.46. The second kappa shape index (κ2) is 8.97. The van der Waals surface area contributed by atoms with Crippen molar-refractivity contribution in [3.63, 3.8) is 0 Å². The molecule has 0 aliphatic heterocycles. The fourth-order valence-electron chi connectivity index (χ4n) is 2.46. The molecule has 0 atom stereocenters. The molecular formula is C20H25NO4. The van der Waals surface area contributed by atoms with Gasteiger partial charge in [-0.2, -0.15) is 0 Å². The largest absolute Gasteiger partial charge is 0.493 e. The van der Waals surface area contributed by atoms with E-state index in [1.54, 1.807) is 14.2 Å². The molecule has 2 aromatic carbocycles. The molecule has 1 N–H and O–H groups in total. The van der Waals surface area contributed by atoms with Crippen molar-refractivity contribution in [1.82, 2.24) is 5.32 Å². The molecule has 134 valence electrons. The van der Waals surface area contributed by atoms with Gasteiger partial charge in [-0.05, 0) is 55.2 Å². The Labute approximate surface area is 148 Å². The van der Waals surface area contributed by atoms with Crippen LogP contribution in [-0.4, -0.2) is 33.3 Å². The quantitative estimate of drug-likeness (QED) is 0.800. The zero-order chi connectivity index (χ0) is 18.2. The molecule has 0 bridgehead atoms. The normalized spacial score (nSPS) is 10.2. The summed E-state index contributed by atoms with van der Waals surface area (Å²) in [4.78, 5) is 11.9. The third-order valence-electron chi connectivity index (χ3n) is 4.10. The van der Waals surface area contributed by atoms with Crippen molar-refractivity contribution in [2.24, 2.45) is 0 Å². The number of hydrogen-bond acceptors (Lipinski definition) is 4. The lowest BCUT2D eigenvalue weighted by Crippen LogP contribution is -2.30. The van der Waals surface area contributed by atoms with Gasteiger partial charge in [0, 0.05) is 6.54 Å². The molecule has 0 saturated carbocycles. The molecule has 1 amide bonds. The van der Waals surface area contributed by atoms with Crippen LogP contribution in [0.15, 0.2) is 36.4 Å². The van der Waals surface area contributed by atoms with Gasteiger partial charge in [0.2, 0.25) is 0 Å². The topological polar surface area (TPSA) is 56.8 Å². The van der Waals surface area contributed by atoms with Gasteiger partial charge in [0.05, 0.1) is 14.2 Å². The van der Waals surface area contributed by atoms with E-state index in [9.17, 15) is 4.79 Å². The Kier molecular flexibility index (Phi) is 6.69. The van der Waals surface area contributed by atoms with E-state index in [0.717, 1.165) is 22.4 Å². The van der Waals surface area contributed by atoms with E-state index >= 15 is 0 Å². The van der Waals surface area contributed by atoms with E-state index in [-0.39, 0.29) is 12.5 Å². The maximum atomic E-state index is 11.9. The lowest BCUT2D eigenvalue weighted by molar-refractivity contribution is -0.123. The molecular weight excluding hydrogens is 318 g/mol. The molecule has 0 aliphatic carbocycles. The number of carbonyl (C=O) groups excluding carboxylic acids is 1. The van der Waals surface area contributed by atoms with Crippen LogP contribution in [0.25, 0.3) is 0 Å². The predicted molar refractivity (Wildman–Crippen MR) is 97.7 cm³/mol. The van der Waals surface area contributed by atoms with Crippen molar-refractivity contribution in [3.05, 3.63) is 53.1 Å². The SMILES string of the molecule is COc1ccc(CCNC(=O)COc2cccc(C)c2C)cc1OC. The molecule has 0 heterocycles. The molecule has 2 rings (SSSR count). The zero-order valence-electron chi connectivity index (χ0n) is 15.2. The van der Waals surface area contributed by atoms with Gasteiger partial charge in [0.15, 0.2) is 18.1 Å². The van der Waals surface area contributed by atoms with Crippen LogP contribution in [0, 0.1) is 13.8 Å². The van der Waals surface area contributed by atoms with E-state index in [0.29, 0.717) is 24.5 Å². The van der Waals surface area contributed by atoms with E-state index in [4.69, 9.17) is 14.2 Å². The molecule has 25 heavy (non-hydrogen) atoms. The first-order valence-electron chi connectivity index (χ1n) is 8.21. The van der Waals surface area contributed by atoms with E-state index in [2.05, 4.69) is 5.32 Å². The number of benzene rings is 2. The number of amides is 1. The fraction of sp³-hybridized carbons (Fsp3) is 0.350. The number of methoxy groups -OCH3 is 2. The number of ether oxygens (including phenoxy) is 3. The molecule has 5 heteroatoms. The smallest absolute Gasteiger partial charge is 0.257 e. The minimum Gasteiger partial charge on any atom is -0.493 e. The third-order valence-corrected chi connectivity index (χ3v) is 4.10. The van der Waals surface area contributed by atoms with Crippen LogP contribution in [-0.2, 0) is 11.2 Å². The lowest BCUT2D eigenvalue weighted by atomic mass is 10.1. The van der Waals surface area contributed by atoms with Crippen LogP contribution in [0.4, 0.5) is 0 Å². The highest BCUT2D eigenvalue weighted by molar-refractivity contribution is 5.77. The molecule has 0 spiro atoms. The minimum absolute atomic E-state index is 0.0101. The minimum atomic E-state index is -0.138. The predicted octanol–water partition coefficient (Wildman–Crippen LogP) is 3.06. The molecule has 0 saturated heterocycles. The Morgan fingerprint density at radius 1 is 1.00 bits per heavy atom. The molecule has 0 radical (unpaired) electrons. The Morgan fingerprint density at radius 2 is 1.76 bits per heavy atom. The molecule has 0 aromatic heterocycles. The Balaban J connectivity index is 1.80. The summed E-state index contributed by atoms with van der Waals surface area (Å²) in [6.45, 7) is 4.55. The van der Waals surface area contributed by atoms with Crippen LogP contribution < -0.4 is 19.5 Å². The maximum absolute atomic E-state index is 11.9. The van der Waals surface area contributed by atoms with E-state index in [1.165, 1.54) is 0 Å². The van der Waals surface area contributed by atoms with E-state index in [1.807, 2.05) is 50.2 Å². The first-order chi connectivity index (χ1) is 12.0.